The second-order valence-corrected chi connectivity index (χ2v) is 8.98. The summed E-state index contributed by atoms with van der Waals surface area (Å²) in [5.74, 6) is -0.365. The van der Waals surface area contributed by atoms with Gasteiger partial charge in [-0.05, 0) is 35.9 Å². The number of hydrogen-bond donors (Lipinski definition) is 2. The maximum atomic E-state index is 13.0. The summed E-state index contributed by atoms with van der Waals surface area (Å²) in [4.78, 5) is 25.3. The van der Waals surface area contributed by atoms with Crippen molar-refractivity contribution in [2.24, 2.45) is 0 Å². The van der Waals surface area contributed by atoms with Crippen molar-refractivity contribution >= 4 is 57.5 Å². The minimum absolute atomic E-state index is 0.0929. The van der Waals surface area contributed by atoms with Crippen LogP contribution < -0.4 is 10.9 Å². The van der Waals surface area contributed by atoms with Crippen LogP contribution >= 0.6 is 34.8 Å². The molecule has 1 amide bonds. The van der Waals surface area contributed by atoms with E-state index in [2.05, 4.69) is 5.32 Å². The molecule has 0 bridgehead atoms. The van der Waals surface area contributed by atoms with Crippen molar-refractivity contribution in [3.05, 3.63) is 98.5 Å². The monoisotopic (exact) mass is 514 g/mol. The summed E-state index contributed by atoms with van der Waals surface area (Å²) in [6.45, 7) is 0.538. The molecule has 0 aliphatic heterocycles. The maximum absolute atomic E-state index is 13.0. The number of hydrogen-bond acceptors (Lipinski definition) is 3. The molecule has 0 spiro atoms. The standard InChI is InChI=1S/C25H21Cl3N4O2/c26-17-9-10-18(20(28)14-17)22(33)15-32-21-8-4-7-19(27)24(21)31(25(32)29)12-11-30-23(34)13-16-5-2-1-3-6-16/h1-10,14,29H,11-13,15H2,(H,30,34). The van der Waals surface area contributed by atoms with Gasteiger partial charge in [-0.15, -0.1) is 0 Å². The Morgan fingerprint density at radius 2 is 1.65 bits per heavy atom. The summed E-state index contributed by atoms with van der Waals surface area (Å²) < 4.78 is 3.28. The molecule has 0 radical (unpaired) electrons. The van der Waals surface area contributed by atoms with Crippen molar-refractivity contribution in [1.29, 1.82) is 5.41 Å². The molecule has 9 heteroatoms. The molecule has 1 aromatic heterocycles. The van der Waals surface area contributed by atoms with E-state index in [9.17, 15) is 9.59 Å². The molecule has 0 aliphatic carbocycles. The number of imidazole rings is 1. The lowest BCUT2D eigenvalue weighted by molar-refractivity contribution is -0.120. The van der Waals surface area contributed by atoms with Crippen LogP contribution in [0.1, 0.15) is 15.9 Å². The minimum Gasteiger partial charge on any atom is -0.354 e. The Morgan fingerprint density at radius 3 is 2.38 bits per heavy atom. The van der Waals surface area contributed by atoms with Gasteiger partial charge in [-0.25, -0.2) is 0 Å². The molecule has 3 aromatic carbocycles. The van der Waals surface area contributed by atoms with Gasteiger partial charge in [0.15, 0.2) is 5.78 Å². The number of rotatable bonds is 8. The van der Waals surface area contributed by atoms with Gasteiger partial charge in [-0.3, -0.25) is 15.0 Å². The molecule has 174 valence electrons. The molecule has 0 aliphatic rings. The van der Waals surface area contributed by atoms with Crippen LogP contribution in [0.2, 0.25) is 15.1 Å². The van der Waals surface area contributed by atoms with E-state index in [0.717, 1.165) is 5.56 Å². The summed E-state index contributed by atoms with van der Waals surface area (Å²) in [7, 11) is 0. The predicted octanol–water partition coefficient (Wildman–Crippen LogP) is 5.12. The Morgan fingerprint density at radius 1 is 0.882 bits per heavy atom. The van der Waals surface area contributed by atoms with E-state index < -0.39 is 0 Å². The van der Waals surface area contributed by atoms with E-state index in [-0.39, 0.29) is 35.3 Å². The van der Waals surface area contributed by atoms with E-state index in [0.29, 0.717) is 39.7 Å². The summed E-state index contributed by atoms with van der Waals surface area (Å²) in [5, 5.41) is 12.8. The number of ketones is 1. The van der Waals surface area contributed by atoms with Crippen molar-refractivity contribution in [2.75, 3.05) is 6.54 Å². The minimum atomic E-state index is -0.254. The van der Waals surface area contributed by atoms with Crippen LogP contribution in [0, 0.1) is 5.41 Å². The molecular weight excluding hydrogens is 495 g/mol. The molecule has 34 heavy (non-hydrogen) atoms. The fraction of sp³-hybridized carbons (Fsp3) is 0.160. The number of fused-ring (bicyclic) bond motifs is 1. The zero-order chi connectivity index (χ0) is 24.2. The third-order valence-electron chi connectivity index (χ3n) is 5.44. The number of aromatic nitrogens is 2. The van der Waals surface area contributed by atoms with Crippen molar-refractivity contribution in [2.45, 2.75) is 19.5 Å². The maximum Gasteiger partial charge on any atom is 0.224 e. The van der Waals surface area contributed by atoms with Gasteiger partial charge in [-0.2, -0.15) is 0 Å². The predicted molar refractivity (Wildman–Crippen MR) is 135 cm³/mol. The van der Waals surface area contributed by atoms with Crippen LogP contribution in [-0.2, 0) is 24.3 Å². The Bertz CT molecular complexity index is 1430. The molecule has 6 nitrogen and oxygen atoms in total. The van der Waals surface area contributed by atoms with Gasteiger partial charge in [0.2, 0.25) is 11.5 Å². The van der Waals surface area contributed by atoms with Crippen molar-refractivity contribution in [3.63, 3.8) is 0 Å². The number of para-hydroxylation sites is 1. The lowest BCUT2D eigenvalue weighted by Crippen LogP contribution is -2.33. The zero-order valence-corrected chi connectivity index (χ0v) is 20.3. The number of halogens is 3. The number of nitrogens with zero attached hydrogens (tertiary/aromatic N) is 2. The molecule has 0 atom stereocenters. The third kappa shape index (κ3) is 5.20. The lowest BCUT2D eigenvalue weighted by atomic mass is 10.1. The largest absolute Gasteiger partial charge is 0.354 e. The van der Waals surface area contributed by atoms with Crippen LogP contribution in [0.3, 0.4) is 0 Å². The van der Waals surface area contributed by atoms with E-state index in [1.807, 2.05) is 30.3 Å². The Labute approximate surface area is 211 Å². The van der Waals surface area contributed by atoms with Gasteiger partial charge < -0.3 is 14.5 Å². The van der Waals surface area contributed by atoms with E-state index in [1.54, 1.807) is 39.5 Å². The number of nitrogens with one attached hydrogen (secondary N) is 2. The molecule has 4 aromatic rings. The Hall–Kier alpha value is -3.06. The van der Waals surface area contributed by atoms with Crippen molar-refractivity contribution in [3.8, 4) is 0 Å². The van der Waals surface area contributed by atoms with Gasteiger partial charge in [0.05, 0.1) is 34.0 Å². The smallest absolute Gasteiger partial charge is 0.224 e. The van der Waals surface area contributed by atoms with Gasteiger partial charge in [0.25, 0.3) is 0 Å². The molecule has 0 saturated carbocycles. The van der Waals surface area contributed by atoms with Crippen LogP contribution in [0.15, 0.2) is 66.7 Å². The summed E-state index contributed by atoms with van der Waals surface area (Å²) in [5.41, 5.74) is 2.62. The highest BCUT2D eigenvalue weighted by atomic mass is 35.5. The second kappa shape index (κ2) is 10.5. The first-order valence-corrected chi connectivity index (χ1v) is 11.7. The van der Waals surface area contributed by atoms with Gasteiger partial charge in [0.1, 0.15) is 0 Å². The average molecular weight is 516 g/mol. The fourth-order valence-corrected chi connectivity index (χ4v) is 4.61. The summed E-state index contributed by atoms with van der Waals surface area (Å²) in [6, 6.07) is 19.5. The van der Waals surface area contributed by atoms with E-state index >= 15 is 0 Å². The number of amides is 1. The number of Topliss-reactive ketones (excluding diaryl/α,β-unsaturated/α-hetero) is 1. The van der Waals surface area contributed by atoms with Crippen LogP contribution in [0.5, 0.6) is 0 Å². The van der Waals surface area contributed by atoms with Crippen LogP contribution in [0.25, 0.3) is 11.0 Å². The molecule has 0 unspecified atom stereocenters. The number of benzene rings is 3. The average Bonchev–Trinajstić information content (AvgIpc) is 3.06. The number of carbonyl (C=O) groups excluding carboxylic acids is 2. The van der Waals surface area contributed by atoms with Crippen LogP contribution in [-0.4, -0.2) is 27.4 Å². The van der Waals surface area contributed by atoms with Crippen molar-refractivity contribution in [1.82, 2.24) is 14.5 Å². The topological polar surface area (TPSA) is 79.9 Å². The zero-order valence-electron chi connectivity index (χ0n) is 18.0. The highest BCUT2D eigenvalue weighted by molar-refractivity contribution is 6.37. The highest BCUT2D eigenvalue weighted by Gasteiger charge is 2.18. The molecule has 2 N–H and O–H groups in total. The fourth-order valence-electron chi connectivity index (χ4n) is 3.83. The van der Waals surface area contributed by atoms with Gasteiger partial charge in [-0.1, -0.05) is 71.2 Å². The number of carbonyl (C=O) groups is 2. The molecule has 1 heterocycles. The molecular formula is C25H21Cl3N4O2. The Kier molecular flexibility index (Phi) is 7.41. The van der Waals surface area contributed by atoms with Gasteiger partial charge >= 0.3 is 0 Å². The normalized spacial score (nSPS) is 11.0. The van der Waals surface area contributed by atoms with E-state index in [1.165, 1.54) is 6.07 Å². The SMILES string of the molecule is N=c1n(CC(=O)c2ccc(Cl)cc2Cl)c2cccc(Cl)c2n1CCNC(=O)Cc1ccccc1. The summed E-state index contributed by atoms with van der Waals surface area (Å²) in [6.07, 6.45) is 0.276. The Balaban J connectivity index is 1.56. The quantitative estimate of drug-likeness (QED) is 0.319. The molecule has 0 fully saturated rings. The van der Waals surface area contributed by atoms with Crippen LogP contribution in [0.4, 0.5) is 0 Å². The molecule has 0 saturated heterocycles. The van der Waals surface area contributed by atoms with Crippen molar-refractivity contribution < 1.29 is 9.59 Å². The first kappa shape index (κ1) is 24.1. The second-order valence-electron chi connectivity index (χ2n) is 7.73. The van der Waals surface area contributed by atoms with Gasteiger partial charge in [0, 0.05) is 23.7 Å². The van der Waals surface area contributed by atoms with E-state index in [4.69, 9.17) is 40.2 Å². The highest BCUT2D eigenvalue weighted by Crippen LogP contribution is 2.25. The first-order chi connectivity index (χ1) is 16.3. The summed E-state index contributed by atoms with van der Waals surface area (Å²) >= 11 is 18.6. The lowest BCUT2D eigenvalue weighted by Gasteiger charge is -2.08. The first-order valence-electron chi connectivity index (χ1n) is 10.6. The molecule has 4 rings (SSSR count). The third-order valence-corrected chi connectivity index (χ3v) is 6.29.